The van der Waals surface area contributed by atoms with Crippen molar-refractivity contribution in [3.8, 4) is 0 Å². The molecule has 1 saturated carbocycles. The lowest BCUT2D eigenvalue weighted by Gasteiger charge is -2.23. The first-order chi connectivity index (χ1) is 9.20. The number of carbonyl (C=O) groups is 1. The van der Waals surface area contributed by atoms with Crippen LogP contribution in [-0.4, -0.2) is 68.2 Å². The second-order valence-corrected chi connectivity index (χ2v) is 5.77. The van der Waals surface area contributed by atoms with Gasteiger partial charge in [-0.15, -0.1) is 0 Å². The molecule has 1 saturated heterocycles. The van der Waals surface area contributed by atoms with E-state index in [1.165, 1.54) is 12.8 Å². The van der Waals surface area contributed by atoms with E-state index in [1.54, 1.807) is 7.11 Å². The van der Waals surface area contributed by atoms with Gasteiger partial charge in [-0.05, 0) is 31.7 Å². The number of ether oxygens (including phenoxy) is 1. The van der Waals surface area contributed by atoms with Gasteiger partial charge in [0.15, 0.2) is 0 Å². The van der Waals surface area contributed by atoms with Crippen LogP contribution < -0.4 is 5.73 Å². The molecule has 0 aromatic rings. The first-order valence-electron chi connectivity index (χ1n) is 7.45. The number of nitrogens with two attached hydrogens (primary N) is 1. The Balaban J connectivity index is 1.72. The predicted molar refractivity (Wildman–Crippen MR) is 74.8 cm³/mol. The maximum absolute atomic E-state index is 12.2. The molecule has 5 nitrogen and oxygen atoms in total. The van der Waals surface area contributed by atoms with Gasteiger partial charge in [-0.3, -0.25) is 9.69 Å². The summed E-state index contributed by atoms with van der Waals surface area (Å²) in [5.41, 5.74) is 6.04. The number of amides is 1. The standard InChI is InChI=1S/C14H27N3O2/c1-19-10-9-16-5-2-6-17(8-7-16)14(18)11-13(15)12-3-4-12/h12-13H,2-11,15H2,1H3. The number of rotatable bonds is 6. The predicted octanol–water partition coefficient (Wildman–Crippen LogP) is 0.295. The van der Waals surface area contributed by atoms with Crippen LogP contribution in [0, 0.1) is 5.92 Å². The quantitative estimate of drug-likeness (QED) is 0.753. The maximum Gasteiger partial charge on any atom is 0.224 e. The van der Waals surface area contributed by atoms with Gasteiger partial charge in [-0.2, -0.15) is 0 Å². The minimum atomic E-state index is 0.0837. The normalized spacial score (nSPS) is 23.2. The van der Waals surface area contributed by atoms with Crippen molar-refractivity contribution < 1.29 is 9.53 Å². The minimum Gasteiger partial charge on any atom is -0.383 e. The Morgan fingerprint density at radius 3 is 2.79 bits per heavy atom. The molecule has 1 aliphatic carbocycles. The van der Waals surface area contributed by atoms with Crippen LogP contribution in [0.2, 0.25) is 0 Å². The van der Waals surface area contributed by atoms with Crippen LogP contribution >= 0.6 is 0 Å². The Morgan fingerprint density at radius 1 is 1.32 bits per heavy atom. The van der Waals surface area contributed by atoms with Gasteiger partial charge >= 0.3 is 0 Å². The molecule has 1 aliphatic heterocycles. The third-order valence-electron chi connectivity index (χ3n) is 4.19. The van der Waals surface area contributed by atoms with Crippen molar-refractivity contribution in [3.05, 3.63) is 0 Å². The van der Waals surface area contributed by atoms with Gasteiger partial charge in [-0.1, -0.05) is 0 Å². The van der Waals surface area contributed by atoms with Gasteiger partial charge in [0.2, 0.25) is 5.91 Å². The minimum absolute atomic E-state index is 0.0837. The average Bonchev–Trinajstić information content (AvgIpc) is 3.22. The fourth-order valence-electron chi connectivity index (χ4n) is 2.69. The molecule has 19 heavy (non-hydrogen) atoms. The van der Waals surface area contributed by atoms with E-state index in [1.807, 2.05) is 4.90 Å². The second kappa shape index (κ2) is 7.22. The first kappa shape index (κ1) is 14.8. The summed E-state index contributed by atoms with van der Waals surface area (Å²) in [6.07, 6.45) is 4.00. The van der Waals surface area contributed by atoms with Gasteiger partial charge in [0.1, 0.15) is 0 Å². The van der Waals surface area contributed by atoms with E-state index in [4.69, 9.17) is 10.5 Å². The Bertz CT molecular complexity index is 294. The Labute approximate surface area is 116 Å². The van der Waals surface area contributed by atoms with Gasteiger partial charge in [-0.25, -0.2) is 0 Å². The van der Waals surface area contributed by atoms with Crippen molar-refractivity contribution >= 4 is 5.91 Å². The summed E-state index contributed by atoms with van der Waals surface area (Å²) < 4.78 is 5.11. The molecular weight excluding hydrogens is 242 g/mol. The third kappa shape index (κ3) is 4.75. The molecule has 2 fully saturated rings. The molecule has 1 atom stereocenters. The zero-order chi connectivity index (χ0) is 13.7. The largest absolute Gasteiger partial charge is 0.383 e. The van der Waals surface area contributed by atoms with Crippen molar-refractivity contribution in [1.82, 2.24) is 9.80 Å². The maximum atomic E-state index is 12.2. The van der Waals surface area contributed by atoms with Crippen LogP contribution in [0.25, 0.3) is 0 Å². The van der Waals surface area contributed by atoms with Gasteiger partial charge in [0, 0.05) is 45.8 Å². The summed E-state index contributed by atoms with van der Waals surface area (Å²) in [4.78, 5) is 16.6. The van der Waals surface area contributed by atoms with Gasteiger partial charge in [0.25, 0.3) is 0 Å². The van der Waals surface area contributed by atoms with Crippen molar-refractivity contribution in [3.63, 3.8) is 0 Å². The lowest BCUT2D eigenvalue weighted by Crippen LogP contribution is -2.39. The Hall–Kier alpha value is -0.650. The van der Waals surface area contributed by atoms with E-state index >= 15 is 0 Å². The van der Waals surface area contributed by atoms with Crippen LogP contribution in [0.4, 0.5) is 0 Å². The Kier molecular flexibility index (Phi) is 5.60. The first-order valence-corrected chi connectivity index (χ1v) is 7.45. The SMILES string of the molecule is COCCN1CCCN(C(=O)CC(N)C2CC2)CC1. The summed E-state index contributed by atoms with van der Waals surface area (Å²) in [6, 6.07) is 0.0837. The lowest BCUT2D eigenvalue weighted by atomic mass is 10.1. The number of nitrogens with zero attached hydrogens (tertiary/aromatic N) is 2. The van der Waals surface area contributed by atoms with E-state index in [0.717, 1.165) is 45.8 Å². The highest BCUT2D eigenvalue weighted by Crippen LogP contribution is 2.33. The van der Waals surface area contributed by atoms with Crippen molar-refractivity contribution in [2.75, 3.05) is 46.4 Å². The molecule has 0 aromatic carbocycles. The van der Waals surface area contributed by atoms with Crippen molar-refractivity contribution in [2.24, 2.45) is 11.7 Å². The second-order valence-electron chi connectivity index (χ2n) is 5.77. The smallest absolute Gasteiger partial charge is 0.224 e. The topological polar surface area (TPSA) is 58.8 Å². The molecule has 1 amide bonds. The van der Waals surface area contributed by atoms with Crippen LogP contribution in [0.5, 0.6) is 0 Å². The molecule has 0 radical (unpaired) electrons. The summed E-state index contributed by atoms with van der Waals surface area (Å²) >= 11 is 0. The van der Waals surface area contributed by atoms with E-state index in [0.29, 0.717) is 12.3 Å². The molecule has 0 bridgehead atoms. The highest BCUT2D eigenvalue weighted by atomic mass is 16.5. The van der Waals surface area contributed by atoms with Crippen molar-refractivity contribution in [2.45, 2.75) is 31.7 Å². The molecule has 110 valence electrons. The molecule has 1 unspecified atom stereocenters. The Morgan fingerprint density at radius 2 is 2.11 bits per heavy atom. The van der Waals surface area contributed by atoms with Gasteiger partial charge < -0.3 is 15.4 Å². The molecule has 2 N–H and O–H groups in total. The summed E-state index contributed by atoms with van der Waals surface area (Å²) in [5, 5.41) is 0. The number of carbonyl (C=O) groups excluding carboxylic acids is 1. The molecule has 5 heteroatoms. The fourth-order valence-corrected chi connectivity index (χ4v) is 2.69. The third-order valence-corrected chi connectivity index (χ3v) is 4.19. The fraction of sp³-hybridized carbons (Fsp3) is 0.929. The number of hydrogen-bond donors (Lipinski definition) is 1. The number of hydrogen-bond acceptors (Lipinski definition) is 4. The average molecular weight is 269 g/mol. The summed E-state index contributed by atoms with van der Waals surface area (Å²) in [5.74, 6) is 0.849. The van der Waals surface area contributed by atoms with Crippen LogP contribution in [-0.2, 0) is 9.53 Å². The molecule has 2 aliphatic rings. The summed E-state index contributed by atoms with van der Waals surface area (Å²) in [6.45, 7) is 5.44. The van der Waals surface area contributed by atoms with Crippen LogP contribution in [0.1, 0.15) is 25.7 Å². The van der Waals surface area contributed by atoms with Gasteiger partial charge in [0.05, 0.1) is 6.61 Å². The molecule has 0 aromatic heterocycles. The van der Waals surface area contributed by atoms with E-state index in [9.17, 15) is 4.79 Å². The van der Waals surface area contributed by atoms with E-state index in [-0.39, 0.29) is 11.9 Å². The van der Waals surface area contributed by atoms with Crippen LogP contribution in [0.3, 0.4) is 0 Å². The summed E-state index contributed by atoms with van der Waals surface area (Å²) in [7, 11) is 1.73. The molecular formula is C14H27N3O2. The zero-order valence-electron chi connectivity index (χ0n) is 12.0. The lowest BCUT2D eigenvalue weighted by molar-refractivity contribution is -0.131. The highest BCUT2D eigenvalue weighted by molar-refractivity contribution is 5.77. The van der Waals surface area contributed by atoms with Crippen molar-refractivity contribution in [1.29, 1.82) is 0 Å². The highest BCUT2D eigenvalue weighted by Gasteiger charge is 2.31. The molecule has 2 rings (SSSR count). The monoisotopic (exact) mass is 269 g/mol. The number of methoxy groups -OCH3 is 1. The van der Waals surface area contributed by atoms with E-state index in [2.05, 4.69) is 4.90 Å². The molecule has 1 heterocycles. The zero-order valence-corrected chi connectivity index (χ0v) is 12.0. The van der Waals surface area contributed by atoms with Crippen LogP contribution in [0.15, 0.2) is 0 Å². The molecule has 0 spiro atoms. The van der Waals surface area contributed by atoms with E-state index < -0.39 is 0 Å².